The summed E-state index contributed by atoms with van der Waals surface area (Å²) in [6, 6.07) is 0. The van der Waals surface area contributed by atoms with E-state index in [4.69, 9.17) is 9.84 Å². The number of alkyl halides is 2. The number of carbonyl (C=O) groups is 1. The Balaban J connectivity index is 2.02. The predicted octanol–water partition coefficient (Wildman–Crippen LogP) is 1.91. The van der Waals surface area contributed by atoms with Crippen LogP contribution < -0.4 is 0 Å². The van der Waals surface area contributed by atoms with Gasteiger partial charge in [-0.15, -0.1) is 0 Å². The summed E-state index contributed by atoms with van der Waals surface area (Å²) in [5.41, 5.74) is 0. The minimum absolute atomic E-state index is 0.0926. The molecule has 2 aliphatic heterocycles. The molecule has 2 heterocycles. The maximum absolute atomic E-state index is 12.7. The molecule has 0 amide bonds. The fourth-order valence-electron chi connectivity index (χ4n) is 2.76. The third-order valence-corrected chi connectivity index (χ3v) is 3.44. The number of halogens is 2. The van der Waals surface area contributed by atoms with Crippen molar-refractivity contribution < 1.29 is 23.4 Å². The summed E-state index contributed by atoms with van der Waals surface area (Å²) in [7, 11) is 0. The van der Waals surface area contributed by atoms with E-state index in [9.17, 15) is 13.6 Å². The quantitative estimate of drug-likeness (QED) is 0.787. The monoisotopic (exact) mass is 220 g/mol. The van der Waals surface area contributed by atoms with Crippen molar-refractivity contribution in [3.8, 4) is 0 Å². The van der Waals surface area contributed by atoms with E-state index in [0.717, 1.165) is 12.8 Å². The molecule has 0 aromatic rings. The Labute approximate surface area is 86.4 Å². The van der Waals surface area contributed by atoms with Crippen LogP contribution >= 0.6 is 0 Å². The van der Waals surface area contributed by atoms with E-state index in [1.807, 2.05) is 0 Å². The third-order valence-electron chi connectivity index (χ3n) is 3.44. The lowest BCUT2D eigenvalue weighted by Crippen LogP contribution is -2.31. The molecule has 2 fully saturated rings. The molecule has 0 saturated carbocycles. The fraction of sp³-hybridized carbons (Fsp3) is 0.900. The van der Waals surface area contributed by atoms with Gasteiger partial charge < -0.3 is 9.84 Å². The Morgan fingerprint density at radius 3 is 2.60 bits per heavy atom. The van der Waals surface area contributed by atoms with Gasteiger partial charge in [0.25, 0.3) is 0 Å². The van der Waals surface area contributed by atoms with Gasteiger partial charge in [0, 0.05) is 5.92 Å². The Morgan fingerprint density at radius 1 is 1.47 bits per heavy atom. The van der Waals surface area contributed by atoms with Gasteiger partial charge in [0.05, 0.1) is 18.6 Å². The highest BCUT2D eigenvalue weighted by Gasteiger charge is 2.47. The number of fused-ring (bicyclic) bond motifs is 2. The number of aliphatic carboxylic acids is 1. The molecule has 4 unspecified atom stereocenters. The second-order valence-electron chi connectivity index (χ2n) is 4.37. The summed E-state index contributed by atoms with van der Waals surface area (Å²) in [5.74, 6) is -2.46. The van der Waals surface area contributed by atoms with Crippen LogP contribution in [-0.4, -0.2) is 29.7 Å². The molecular formula is C10H14F2O3. The van der Waals surface area contributed by atoms with Crippen LogP contribution in [0, 0.1) is 11.8 Å². The molecule has 3 nitrogen and oxygen atoms in total. The summed E-state index contributed by atoms with van der Waals surface area (Å²) in [6.07, 6.45) is -0.706. The molecule has 2 rings (SSSR count). The molecule has 0 aliphatic carbocycles. The topological polar surface area (TPSA) is 46.5 Å². The molecule has 1 N–H and O–H groups in total. The Hall–Kier alpha value is -0.710. The van der Waals surface area contributed by atoms with Crippen LogP contribution in [-0.2, 0) is 9.53 Å². The lowest BCUT2D eigenvalue weighted by Gasteiger charge is -2.26. The largest absolute Gasteiger partial charge is 0.481 e. The summed E-state index contributed by atoms with van der Waals surface area (Å²) in [6.45, 7) is 0. The van der Waals surface area contributed by atoms with Crippen molar-refractivity contribution in [2.45, 2.75) is 44.3 Å². The Bertz CT molecular complexity index is 257. The van der Waals surface area contributed by atoms with Crippen molar-refractivity contribution >= 4 is 5.97 Å². The van der Waals surface area contributed by atoms with Crippen molar-refractivity contribution in [1.29, 1.82) is 0 Å². The van der Waals surface area contributed by atoms with E-state index in [2.05, 4.69) is 0 Å². The van der Waals surface area contributed by atoms with Gasteiger partial charge in [0.2, 0.25) is 6.43 Å². The second-order valence-corrected chi connectivity index (χ2v) is 4.37. The average molecular weight is 220 g/mol. The molecule has 2 saturated heterocycles. The van der Waals surface area contributed by atoms with Gasteiger partial charge in [0.15, 0.2) is 0 Å². The second kappa shape index (κ2) is 4.04. The van der Waals surface area contributed by atoms with E-state index in [-0.39, 0.29) is 18.1 Å². The van der Waals surface area contributed by atoms with Crippen molar-refractivity contribution in [2.24, 2.45) is 11.8 Å². The van der Waals surface area contributed by atoms with Gasteiger partial charge in [-0.2, -0.15) is 0 Å². The lowest BCUT2D eigenvalue weighted by molar-refractivity contribution is -0.140. The van der Waals surface area contributed by atoms with Crippen LogP contribution in [0.25, 0.3) is 0 Å². The van der Waals surface area contributed by atoms with Gasteiger partial charge in [0.1, 0.15) is 0 Å². The first-order valence-corrected chi connectivity index (χ1v) is 5.23. The minimum Gasteiger partial charge on any atom is -0.481 e. The molecule has 2 aliphatic rings. The molecule has 5 heteroatoms. The van der Waals surface area contributed by atoms with Crippen LogP contribution in [0.1, 0.15) is 25.7 Å². The molecule has 4 atom stereocenters. The molecule has 0 aromatic heterocycles. The molecule has 0 radical (unpaired) electrons. The van der Waals surface area contributed by atoms with Gasteiger partial charge in [-0.1, -0.05) is 0 Å². The van der Waals surface area contributed by atoms with E-state index >= 15 is 0 Å². The Kier molecular flexibility index (Phi) is 2.91. The van der Waals surface area contributed by atoms with Gasteiger partial charge in [-0.3, -0.25) is 4.79 Å². The van der Waals surface area contributed by atoms with Gasteiger partial charge >= 0.3 is 5.97 Å². The maximum atomic E-state index is 12.7. The highest BCUT2D eigenvalue weighted by atomic mass is 19.3. The van der Waals surface area contributed by atoms with E-state index in [1.165, 1.54) is 0 Å². The number of ether oxygens (including phenoxy) is 1. The normalized spacial score (nSPS) is 36.1. The third kappa shape index (κ3) is 2.12. The highest BCUT2D eigenvalue weighted by molar-refractivity contribution is 5.67. The summed E-state index contributed by atoms with van der Waals surface area (Å²) in [5, 5.41) is 8.59. The fourth-order valence-corrected chi connectivity index (χ4v) is 2.76. The van der Waals surface area contributed by atoms with Crippen LogP contribution in [0.15, 0.2) is 0 Å². The minimum atomic E-state index is -2.56. The zero-order chi connectivity index (χ0) is 11.0. The molecule has 0 spiro atoms. The molecule has 0 aromatic carbocycles. The SMILES string of the molecule is O=C(O)CC(C(F)F)C1CC2CCC1O2. The first-order chi connectivity index (χ1) is 7.08. The number of carboxylic acids is 1. The average Bonchev–Trinajstić information content (AvgIpc) is 2.73. The van der Waals surface area contributed by atoms with E-state index in [0.29, 0.717) is 6.42 Å². The molecule has 86 valence electrons. The lowest BCUT2D eigenvalue weighted by atomic mass is 9.78. The summed E-state index contributed by atoms with van der Waals surface area (Å²) >= 11 is 0. The molecule has 2 bridgehead atoms. The van der Waals surface area contributed by atoms with Crippen LogP contribution in [0.4, 0.5) is 8.78 Å². The first kappa shape index (κ1) is 10.8. The summed E-state index contributed by atoms with van der Waals surface area (Å²) in [4.78, 5) is 10.5. The van der Waals surface area contributed by atoms with Crippen LogP contribution in [0.2, 0.25) is 0 Å². The van der Waals surface area contributed by atoms with E-state index < -0.39 is 24.7 Å². The molecule has 15 heavy (non-hydrogen) atoms. The van der Waals surface area contributed by atoms with E-state index in [1.54, 1.807) is 0 Å². The number of hydrogen-bond donors (Lipinski definition) is 1. The number of carboxylic acid groups (broad SMARTS) is 1. The van der Waals surface area contributed by atoms with Gasteiger partial charge in [-0.05, 0) is 25.2 Å². The van der Waals surface area contributed by atoms with Crippen LogP contribution in [0.5, 0.6) is 0 Å². The maximum Gasteiger partial charge on any atom is 0.303 e. The first-order valence-electron chi connectivity index (χ1n) is 5.23. The molecular weight excluding hydrogens is 206 g/mol. The standard InChI is InChI=1S/C10H14F2O3/c11-10(12)7(4-9(13)14)6-3-5-1-2-8(6)15-5/h5-8,10H,1-4H2,(H,13,14). The predicted molar refractivity (Wildman–Crippen MR) is 47.7 cm³/mol. The number of rotatable bonds is 4. The number of hydrogen-bond acceptors (Lipinski definition) is 2. The highest BCUT2D eigenvalue weighted by Crippen LogP contribution is 2.44. The smallest absolute Gasteiger partial charge is 0.303 e. The zero-order valence-corrected chi connectivity index (χ0v) is 8.23. The van der Waals surface area contributed by atoms with Gasteiger partial charge in [-0.25, -0.2) is 8.78 Å². The van der Waals surface area contributed by atoms with Crippen LogP contribution in [0.3, 0.4) is 0 Å². The van der Waals surface area contributed by atoms with Crippen molar-refractivity contribution in [1.82, 2.24) is 0 Å². The summed E-state index contributed by atoms with van der Waals surface area (Å²) < 4.78 is 30.9. The van der Waals surface area contributed by atoms with Crippen molar-refractivity contribution in [2.75, 3.05) is 0 Å². The zero-order valence-electron chi connectivity index (χ0n) is 8.23. The van der Waals surface area contributed by atoms with Crippen molar-refractivity contribution in [3.63, 3.8) is 0 Å². The Morgan fingerprint density at radius 2 is 2.20 bits per heavy atom. The van der Waals surface area contributed by atoms with Crippen molar-refractivity contribution in [3.05, 3.63) is 0 Å².